The number of rotatable bonds is 1. The first-order valence-corrected chi connectivity index (χ1v) is 5.33. The van der Waals surface area contributed by atoms with Gasteiger partial charge in [-0.3, -0.25) is 4.90 Å². The van der Waals surface area contributed by atoms with E-state index in [2.05, 4.69) is 11.8 Å². The van der Waals surface area contributed by atoms with Crippen LogP contribution in [0, 0.1) is 5.92 Å². The average Bonchev–Trinajstić information content (AvgIpc) is 2.57. The van der Waals surface area contributed by atoms with E-state index >= 15 is 0 Å². The number of hydrogen-bond acceptors (Lipinski definition) is 3. The fraction of sp³-hybridized carbons (Fsp3) is 1.00. The van der Waals surface area contributed by atoms with E-state index in [1.54, 1.807) is 0 Å². The van der Waals surface area contributed by atoms with E-state index in [1.807, 2.05) is 0 Å². The van der Waals surface area contributed by atoms with Gasteiger partial charge in [0.05, 0.1) is 12.6 Å². The number of aliphatic hydroxyl groups excluding tert-OH is 1. The van der Waals surface area contributed by atoms with Gasteiger partial charge in [0, 0.05) is 0 Å². The van der Waals surface area contributed by atoms with Gasteiger partial charge in [0.15, 0.2) is 6.29 Å². The summed E-state index contributed by atoms with van der Waals surface area (Å²) in [5.41, 5.74) is 0. The highest BCUT2D eigenvalue weighted by Gasteiger charge is 2.35. The van der Waals surface area contributed by atoms with Crippen LogP contribution in [0.15, 0.2) is 0 Å². The monoisotopic (exact) mass is 185 g/mol. The highest BCUT2D eigenvalue weighted by Crippen LogP contribution is 2.26. The first-order chi connectivity index (χ1) is 6.29. The number of aliphatic hydroxyl groups is 1. The molecule has 0 aromatic heterocycles. The Balaban J connectivity index is 2.00. The maximum Gasteiger partial charge on any atom is 0.170 e. The highest BCUT2D eigenvalue weighted by molar-refractivity contribution is 4.84. The van der Waals surface area contributed by atoms with Crippen LogP contribution in [-0.2, 0) is 4.74 Å². The van der Waals surface area contributed by atoms with Crippen molar-refractivity contribution in [3.05, 3.63) is 0 Å². The van der Waals surface area contributed by atoms with Crippen molar-refractivity contribution < 1.29 is 9.84 Å². The fourth-order valence-corrected chi connectivity index (χ4v) is 2.51. The maximum atomic E-state index is 9.74. The second-order valence-corrected chi connectivity index (χ2v) is 4.26. The van der Waals surface area contributed by atoms with Crippen molar-refractivity contribution in [2.24, 2.45) is 5.92 Å². The van der Waals surface area contributed by atoms with Crippen LogP contribution >= 0.6 is 0 Å². The van der Waals surface area contributed by atoms with Crippen LogP contribution in [0.2, 0.25) is 0 Å². The molecule has 0 radical (unpaired) electrons. The molecule has 2 rings (SSSR count). The van der Waals surface area contributed by atoms with Gasteiger partial charge < -0.3 is 9.84 Å². The predicted octanol–water partition coefficient (Wildman–Crippen LogP) is 0.826. The Morgan fingerprint density at radius 3 is 2.62 bits per heavy atom. The van der Waals surface area contributed by atoms with Gasteiger partial charge in [0.2, 0.25) is 0 Å². The fourth-order valence-electron chi connectivity index (χ4n) is 2.51. The first-order valence-electron chi connectivity index (χ1n) is 5.33. The summed E-state index contributed by atoms with van der Waals surface area (Å²) in [6.45, 7) is 5.20. The number of nitrogens with zero attached hydrogens (tertiary/aromatic N) is 1. The van der Waals surface area contributed by atoms with Gasteiger partial charge in [-0.25, -0.2) is 0 Å². The topological polar surface area (TPSA) is 32.7 Å². The SMILES string of the molecule is CC1CCOC(O)[C@@H]1N1CCCC1. The normalized spacial score (nSPS) is 42.5. The molecule has 76 valence electrons. The minimum absolute atomic E-state index is 0.247. The minimum Gasteiger partial charge on any atom is -0.367 e. The molecule has 1 N–H and O–H groups in total. The Morgan fingerprint density at radius 2 is 2.00 bits per heavy atom. The predicted molar refractivity (Wildman–Crippen MR) is 50.3 cm³/mol. The number of hydrogen-bond donors (Lipinski definition) is 1. The van der Waals surface area contributed by atoms with E-state index < -0.39 is 6.29 Å². The zero-order valence-corrected chi connectivity index (χ0v) is 8.28. The lowest BCUT2D eigenvalue weighted by Gasteiger charge is -2.39. The Hall–Kier alpha value is -0.120. The van der Waals surface area contributed by atoms with Gasteiger partial charge >= 0.3 is 0 Å². The quantitative estimate of drug-likeness (QED) is 0.656. The van der Waals surface area contributed by atoms with E-state index in [-0.39, 0.29) is 6.04 Å². The van der Waals surface area contributed by atoms with Crippen LogP contribution < -0.4 is 0 Å². The van der Waals surface area contributed by atoms with Crippen LogP contribution in [0.25, 0.3) is 0 Å². The summed E-state index contributed by atoms with van der Waals surface area (Å²) in [5, 5.41) is 9.74. The molecule has 0 amide bonds. The number of likely N-dealkylation sites (tertiary alicyclic amines) is 1. The third kappa shape index (κ3) is 1.87. The molecule has 2 saturated heterocycles. The molecule has 0 saturated carbocycles. The third-order valence-corrected chi connectivity index (χ3v) is 3.30. The molecule has 3 atom stereocenters. The minimum atomic E-state index is -0.554. The van der Waals surface area contributed by atoms with E-state index in [9.17, 15) is 5.11 Å². The Bertz CT molecular complexity index is 158. The summed E-state index contributed by atoms with van der Waals surface area (Å²) in [6.07, 6.45) is 3.08. The lowest BCUT2D eigenvalue weighted by molar-refractivity contribution is -0.180. The molecule has 0 spiro atoms. The van der Waals surface area contributed by atoms with E-state index in [4.69, 9.17) is 4.74 Å². The molecule has 2 aliphatic heterocycles. The summed E-state index contributed by atoms with van der Waals surface area (Å²) in [7, 11) is 0. The Morgan fingerprint density at radius 1 is 1.31 bits per heavy atom. The van der Waals surface area contributed by atoms with Crippen molar-refractivity contribution in [2.75, 3.05) is 19.7 Å². The van der Waals surface area contributed by atoms with Crippen molar-refractivity contribution >= 4 is 0 Å². The molecule has 0 bridgehead atoms. The standard InChI is InChI=1S/C10H19NO2/c1-8-4-7-13-10(12)9(8)11-5-2-3-6-11/h8-10,12H,2-7H2,1H3/t8?,9-,10?/m1/s1. The summed E-state index contributed by atoms with van der Waals surface area (Å²) in [4.78, 5) is 2.38. The molecule has 3 nitrogen and oxygen atoms in total. The van der Waals surface area contributed by atoms with Gasteiger partial charge in [-0.1, -0.05) is 6.92 Å². The summed E-state index contributed by atoms with van der Waals surface area (Å²) in [5.74, 6) is 0.571. The molecule has 2 heterocycles. The van der Waals surface area contributed by atoms with Crippen LogP contribution in [0.4, 0.5) is 0 Å². The zero-order valence-electron chi connectivity index (χ0n) is 8.28. The van der Waals surface area contributed by atoms with Crippen molar-refractivity contribution in [1.29, 1.82) is 0 Å². The molecule has 0 aromatic carbocycles. The van der Waals surface area contributed by atoms with Crippen molar-refractivity contribution in [3.63, 3.8) is 0 Å². The molecule has 3 heteroatoms. The van der Waals surface area contributed by atoms with Gasteiger partial charge in [0.25, 0.3) is 0 Å². The summed E-state index contributed by atoms with van der Waals surface area (Å²) in [6, 6.07) is 0.247. The summed E-state index contributed by atoms with van der Waals surface area (Å²) >= 11 is 0. The molecule has 2 unspecified atom stereocenters. The van der Waals surface area contributed by atoms with Crippen LogP contribution in [0.5, 0.6) is 0 Å². The van der Waals surface area contributed by atoms with Crippen molar-refractivity contribution in [3.8, 4) is 0 Å². The van der Waals surface area contributed by atoms with E-state index in [0.29, 0.717) is 12.5 Å². The second kappa shape index (κ2) is 3.95. The van der Waals surface area contributed by atoms with E-state index in [0.717, 1.165) is 19.5 Å². The average molecular weight is 185 g/mol. The largest absolute Gasteiger partial charge is 0.367 e. The lowest BCUT2D eigenvalue weighted by Crippen LogP contribution is -2.50. The van der Waals surface area contributed by atoms with Crippen molar-refractivity contribution in [1.82, 2.24) is 4.90 Å². The van der Waals surface area contributed by atoms with Gasteiger partial charge in [-0.2, -0.15) is 0 Å². The smallest absolute Gasteiger partial charge is 0.170 e. The van der Waals surface area contributed by atoms with Gasteiger partial charge in [-0.05, 0) is 38.3 Å². The number of ether oxygens (including phenoxy) is 1. The summed E-state index contributed by atoms with van der Waals surface area (Å²) < 4.78 is 5.29. The molecule has 13 heavy (non-hydrogen) atoms. The van der Waals surface area contributed by atoms with Gasteiger partial charge in [0.1, 0.15) is 0 Å². The van der Waals surface area contributed by atoms with Crippen LogP contribution in [0.3, 0.4) is 0 Å². The van der Waals surface area contributed by atoms with Crippen LogP contribution in [-0.4, -0.2) is 42.0 Å². The zero-order chi connectivity index (χ0) is 9.26. The maximum absolute atomic E-state index is 9.74. The molecule has 0 aliphatic carbocycles. The molecular formula is C10H19NO2. The highest BCUT2D eigenvalue weighted by atomic mass is 16.6. The van der Waals surface area contributed by atoms with E-state index in [1.165, 1.54) is 12.8 Å². The molecule has 2 aliphatic rings. The first kappa shape index (κ1) is 9.44. The van der Waals surface area contributed by atoms with Gasteiger partial charge in [-0.15, -0.1) is 0 Å². The van der Waals surface area contributed by atoms with Crippen molar-refractivity contribution in [2.45, 2.75) is 38.5 Å². The van der Waals surface area contributed by atoms with Crippen LogP contribution in [0.1, 0.15) is 26.2 Å². The Labute approximate surface area is 79.7 Å². The Kier molecular flexibility index (Phi) is 2.86. The molecule has 2 fully saturated rings. The second-order valence-electron chi connectivity index (χ2n) is 4.26. The molecule has 0 aromatic rings. The third-order valence-electron chi connectivity index (χ3n) is 3.30. The molecular weight excluding hydrogens is 166 g/mol. The lowest BCUT2D eigenvalue weighted by atomic mass is 9.94.